The zero-order valence-corrected chi connectivity index (χ0v) is 14.7. The lowest BCUT2D eigenvalue weighted by Crippen LogP contribution is -2.33. The van der Waals surface area contributed by atoms with Crippen molar-refractivity contribution in [2.45, 2.75) is 19.8 Å². The van der Waals surface area contributed by atoms with Gasteiger partial charge >= 0.3 is 6.03 Å². The van der Waals surface area contributed by atoms with Crippen LogP contribution in [-0.4, -0.2) is 34.9 Å². The number of nitrogens with one attached hydrogen (secondary N) is 2. The largest absolute Gasteiger partial charge is 0.324 e. The zero-order valence-electron chi connectivity index (χ0n) is 14.7. The second-order valence-electron chi connectivity index (χ2n) is 7.32. The van der Waals surface area contributed by atoms with Crippen molar-refractivity contribution < 1.29 is 9.59 Å². The number of urea groups is 1. The highest BCUT2D eigenvalue weighted by atomic mass is 16.2. The quantitative estimate of drug-likeness (QED) is 0.892. The highest BCUT2D eigenvalue weighted by molar-refractivity contribution is 5.95. The Kier molecular flexibility index (Phi) is 4.11. The molecule has 2 heterocycles. The van der Waals surface area contributed by atoms with E-state index in [1.165, 1.54) is 0 Å². The van der Waals surface area contributed by atoms with Crippen LogP contribution in [0, 0.1) is 18.3 Å². The summed E-state index contributed by atoms with van der Waals surface area (Å²) in [4.78, 5) is 30.8. The smallest absolute Gasteiger partial charge is 0.321 e. The number of carbonyl (C=O) groups is 2. The molecule has 2 aromatic rings. The molecule has 1 saturated carbocycles. The Labute approximate surface area is 152 Å². The van der Waals surface area contributed by atoms with Gasteiger partial charge in [-0.3, -0.25) is 9.78 Å². The van der Waals surface area contributed by atoms with Crippen LogP contribution in [0.3, 0.4) is 0 Å². The minimum atomic E-state index is -0.0935. The number of likely N-dealkylation sites (tertiary alicyclic amines) is 1. The van der Waals surface area contributed by atoms with Gasteiger partial charge in [0.25, 0.3) is 0 Å². The Bertz CT molecular complexity index is 821. The fourth-order valence-electron chi connectivity index (χ4n) is 3.74. The first-order chi connectivity index (χ1) is 12.6. The standard InChI is InChI=1S/C20H22N4O2/c1-14-4-6-15(7-5-14)23-19(26)24-10-8-20(13-24)11-17(20)18(25)22-16-3-2-9-21-12-16/h2-7,9,12,17H,8,10-11,13H2,1H3,(H,22,25)(H,23,26)/t17-,20-/m1/s1. The van der Waals surface area contributed by atoms with E-state index in [1.54, 1.807) is 18.5 Å². The van der Waals surface area contributed by atoms with Gasteiger partial charge in [0.15, 0.2) is 0 Å². The van der Waals surface area contributed by atoms with Crippen molar-refractivity contribution in [3.05, 3.63) is 54.4 Å². The summed E-state index contributed by atoms with van der Waals surface area (Å²) >= 11 is 0. The molecule has 1 aliphatic heterocycles. The zero-order chi connectivity index (χ0) is 18.1. The Morgan fingerprint density at radius 3 is 2.69 bits per heavy atom. The molecular formula is C20H22N4O2. The monoisotopic (exact) mass is 350 g/mol. The summed E-state index contributed by atoms with van der Waals surface area (Å²) in [6.45, 7) is 3.34. The summed E-state index contributed by atoms with van der Waals surface area (Å²) in [5.74, 6) is -0.00123. The van der Waals surface area contributed by atoms with Crippen LogP contribution in [0.1, 0.15) is 18.4 Å². The lowest BCUT2D eigenvalue weighted by atomic mass is 10.0. The van der Waals surface area contributed by atoms with Gasteiger partial charge in [0.1, 0.15) is 0 Å². The lowest BCUT2D eigenvalue weighted by Gasteiger charge is -2.17. The minimum absolute atomic E-state index is 0.0267. The summed E-state index contributed by atoms with van der Waals surface area (Å²) in [7, 11) is 0. The summed E-state index contributed by atoms with van der Waals surface area (Å²) in [6, 6.07) is 11.3. The molecule has 2 fully saturated rings. The number of aromatic nitrogens is 1. The SMILES string of the molecule is Cc1ccc(NC(=O)N2CC[C@@]3(C[C@@H]3C(=O)Nc3cccnc3)C2)cc1. The van der Waals surface area contributed by atoms with E-state index in [2.05, 4.69) is 15.6 Å². The van der Waals surface area contributed by atoms with E-state index in [-0.39, 0.29) is 23.3 Å². The topological polar surface area (TPSA) is 74.3 Å². The van der Waals surface area contributed by atoms with Crippen LogP contribution in [0.4, 0.5) is 16.2 Å². The van der Waals surface area contributed by atoms with E-state index in [4.69, 9.17) is 0 Å². The van der Waals surface area contributed by atoms with Gasteiger partial charge in [0.2, 0.25) is 5.91 Å². The van der Waals surface area contributed by atoms with Crippen LogP contribution in [0.2, 0.25) is 0 Å². The molecule has 2 aliphatic rings. The van der Waals surface area contributed by atoms with Crippen LogP contribution in [0.15, 0.2) is 48.8 Å². The molecule has 1 saturated heterocycles. The average molecular weight is 350 g/mol. The van der Waals surface area contributed by atoms with E-state index < -0.39 is 0 Å². The molecule has 2 N–H and O–H groups in total. The molecule has 6 heteroatoms. The Morgan fingerprint density at radius 1 is 1.15 bits per heavy atom. The van der Waals surface area contributed by atoms with Gasteiger partial charge in [-0.1, -0.05) is 17.7 Å². The van der Waals surface area contributed by atoms with Gasteiger partial charge in [-0.05, 0) is 44.0 Å². The maximum absolute atomic E-state index is 12.5. The Hall–Kier alpha value is -2.89. The van der Waals surface area contributed by atoms with E-state index in [0.29, 0.717) is 18.8 Å². The first-order valence-electron chi connectivity index (χ1n) is 8.89. The van der Waals surface area contributed by atoms with E-state index in [1.807, 2.05) is 42.2 Å². The number of benzene rings is 1. The Morgan fingerprint density at radius 2 is 1.96 bits per heavy atom. The Balaban J connectivity index is 1.33. The van der Waals surface area contributed by atoms with E-state index in [0.717, 1.165) is 24.1 Å². The van der Waals surface area contributed by atoms with Crippen molar-refractivity contribution in [2.24, 2.45) is 11.3 Å². The molecule has 3 amide bonds. The van der Waals surface area contributed by atoms with Crippen molar-refractivity contribution in [1.82, 2.24) is 9.88 Å². The van der Waals surface area contributed by atoms with E-state index in [9.17, 15) is 9.59 Å². The maximum Gasteiger partial charge on any atom is 0.321 e. The molecular weight excluding hydrogens is 328 g/mol. The molecule has 1 spiro atoms. The van der Waals surface area contributed by atoms with Crippen LogP contribution < -0.4 is 10.6 Å². The fourth-order valence-corrected chi connectivity index (χ4v) is 3.74. The summed E-state index contributed by atoms with van der Waals surface area (Å²) in [5, 5.41) is 5.86. The van der Waals surface area contributed by atoms with Gasteiger partial charge in [0.05, 0.1) is 11.9 Å². The maximum atomic E-state index is 12.5. The molecule has 6 nitrogen and oxygen atoms in total. The first-order valence-corrected chi connectivity index (χ1v) is 8.89. The predicted molar refractivity (Wildman–Crippen MR) is 99.8 cm³/mol. The van der Waals surface area contributed by atoms with Crippen LogP contribution in [-0.2, 0) is 4.79 Å². The number of carbonyl (C=O) groups excluding carboxylic acids is 2. The third kappa shape index (κ3) is 3.27. The number of hydrogen-bond acceptors (Lipinski definition) is 3. The van der Waals surface area contributed by atoms with Gasteiger partial charge in [-0.25, -0.2) is 4.79 Å². The molecule has 4 rings (SSSR count). The number of pyridine rings is 1. The van der Waals surface area contributed by atoms with Crippen LogP contribution in [0.5, 0.6) is 0 Å². The highest BCUT2D eigenvalue weighted by Gasteiger charge is 2.61. The third-order valence-electron chi connectivity index (χ3n) is 5.41. The first kappa shape index (κ1) is 16.6. The van der Waals surface area contributed by atoms with Crippen LogP contribution in [0.25, 0.3) is 0 Å². The summed E-state index contributed by atoms with van der Waals surface area (Å²) in [6.07, 6.45) is 5.03. The van der Waals surface area contributed by atoms with Crippen molar-refractivity contribution in [3.63, 3.8) is 0 Å². The fraction of sp³-hybridized carbons (Fsp3) is 0.350. The van der Waals surface area contributed by atoms with Gasteiger partial charge in [0, 0.05) is 36.3 Å². The molecule has 0 bridgehead atoms. The van der Waals surface area contributed by atoms with Crippen molar-refractivity contribution >= 4 is 23.3 Å². The molecule has 26 heavy (non-hydrogen) atoms. The lowest BCUT2D eigenvalue weighted by molar-refractivity contribution is -0.118. The highest BCUT2D eigenvalue weighted by Crippen LogP contribution is 2.58. The van der Waals surface area contributed by atoms with Gasteiger partial charge in [-0.2, -0.15) is 0 Å². The average Bonchev–Trinajstić information content (AvgIpc) is 3.18. The molecule has 1 aromatic carbocycles. The number of amides is 3. The second-order valence-corrected chi connectivity index (χ2v) is 7.32. The number of nitrogens with zero attached hydrogens (tertiary/aromatic N) is 2. The van der Waals surface area contributed by atoms with Crippen molar-refractivity contribution in [1.29, 1.82) is 0 Å². The number of anilines is 2. The van der Waals surface area contributed by atoms with Crippen molar-refractivity contribution in [2.75, 3.05) is 23.7 Å². The third-order valence-corrected chi connectivity index (χ3v) is 5.41. The molecule has 1 aromatic heterocycles. The minimum Gasteiger partial charge on any atom is -0.324 e. The van der Waals surface area contributed by atoms with Gasteiger partial charge in [-0.15, -0.1) is 0 Å². The molecule has 0 radical (unpaired) electrons. The van der Waals surface area contributed by atoms with Gasteiger partial charge < -0.3 is 15.5 Å². The normalized spacial score (nSPS) is 23.7. The molecule has 1 aliphatic carbocycles. The molecule has 134 valence electrons. The number of rotatable bonds is 3. The van der Waals surface area contributed by atoms with Crippen LogP contribution >= 0.6 is 0 Å². The summed E-state index contributed by atoms with van der Waals surface area (Å²) in [5.41, 5.74) is 2.61. The molecule has 2 atom stereocenters. The predicted octanol–water partition coefficient (Wildman–Crippen LogP) is 3.27. The number of aryl methyl sites for hydroxylation is 1. The van der Waals surface area contributed by atoms with Crippen molar-refractivity contribution in [3.8, 4) is 0 Å². The second kappa shape index (κ2) is 6.44. The molecule has 0 unspecified atom stereocenters. The number of hydrogen-bond donors (Lipinski definition) is 2. The van der Waals surface area contributed by atoms with E-state index >= 15 is 0 Å². The summed E-state index contributed by atoms with van der Waals surface area (Å²) < 4.78 is 0.